The van der Waals surface area contributed by atoms with Gasteiger partial charge >= 0.3 is 35.8 Å². The van der Waals surface area contributed by atoms with Crippen molar-refractivity contribution in [3.8, 4) is 5.75 Å². The van der Waals surface area contributed by atoms with Gasteiger partial charge in [0.25, 0.3) is 0 Å². The van der Waals surface area contributed by atoms with Gasteiger partial charge in [-0.1, -0.05) is 159 Å². The molecular weight excluding hydrogens is 1100 g/mol. The van der Waals surface area contributed by atoms with E-state index in [4.69, 9.17) is 23.7 Å². The van der Waals surface area contributed by atoms with E-state index in [1.807, 2.05) is 63.3 Å². The first-order valence-electron chi connectivity index (χ1n) is 26.3. The summed E-state index contributed by atoms with van der Waals surface area (Å²) in [6, 6.07) is 16.8. The zero-order chi connectivity index (χ0) is 64.4. The number of ketones is 3. The number of hydrogen-bond donors (Lipinski definition) is 0. The molecule has 0 heterocycles. The van der Waals surface area contributed by atoms with Crippen LogP contribution in [0.5, 0.6) is 5.75 Å². The zero-order valence-corrected chi connectivity index (χ0v) is 51.1. The number of carbonyl (C=O) groups excluding carboxylic acids is 9. The van der Waals surface area contributed by atoms with Gasteiger partial charge in [-0.25, -0.2) is 28.8 Å². The molecule has 0 aliphatic rings. The summed E-state index contributed by atoms with van der Waals surface area (Å²) in [6.45, 7) is 51.7. The van der Waals surface area contributed by atoms with Gasteiger partial charge in [0.1, 0.15) is 5.75 Å². The third kappa shape index (κ3) is 69.7. The van der Waals surface area contributed by atoms with Gasteiger partial charge in [-0.3, -0.25) is 14.4 Å². The average molecular weight is 1210 g/mol. The van der Waals surface area contributed by atoms with E-state index in [2.05, 4.69) is 75.6 Å². The fourth-order valence-corrected chi connectivity index (χ4v) is 4.18. The summed E-state index contributed by atoms with van der Waals surface area (Å²) in [7, 11) is 1.60. The standard InChI is InChI=1S/C16H14O2.C12H18O4.C10H14O4.C7H12O.C6H10O2.C6H10O.C5H8O2.C4H8.4CH4/c1-18-15-10-8-14(9-11-15)16(17)12-7-13-5-3-2-4-6-13;1-8(2)11(13)15-6-10(5)7-16-12(14)9(3)4;1-4-9(11)13-6-8(3)7-14-10(12)5-2;1-4-5-7(8)6(2)3;1-4-8-6(7)5(2)3;1-3-5-6(7)4-2;1-3-5(6)7-4-2;1-3-4-2;;;;/h2-12H,1H3;10H,1,3,6-7H2,2,4-5H3;4-5,8H,1-2,6-7H2,3H3;2,4-5H2,1,3H3;2,4H2,1,3H3;4H,2-3,5H2,1H3;3H,1,4H2,2H3;3H,1,4H2,2H3;4*1H4. The summed E-state index contributed by atoms with van der Waals surface area (Å²) < 4.78 is 33.3. The van der Waals surface area contributed by atoms with Crippen molar-refractivity contribution in [3.05, 3.63) is 184 Å². The van der Waals surface area contributed by atoms with E-state index in [0.717, 1.165) is 48.8 Å². The number of carbonyl (C=O) groups is 9. The van der Waals surface area contributed by atoms with Crippen LogP contribution in [0.15, 0.2) is 173 Å². The molecule has 0 aliphatic carbocycles. The van der Waals surface area contributed by atoms with Crippen LogP contribution >= 0.6 is 0 Å². The van der Waals surface area contributed by atoms with Gasteiger partial charge in [0.05, 0.1) is 46.8 Å². The lowest BCUT2D eigenvalue weighted by atomic mass is 10.1. The SMILES string of the molecule is C.C.C.C.C=C(C)C(=O)CCC.C=C(C)C(=O)OCC.C=C(C)C(=O)OCC(C)COC(=O)C(=C)C.C=CC(=O)CCC.C=CC(=O)OCC.C=CC(=O)OCC(C)COC(=O)C=C.C=CCC.COc1ccc(C(=O)C=Cc2ccccc2)cc1. The van der Waals surface area contributed by atoms with Crippen LogP contribution in [0.1, 0.15) is 154 Å². The average Bonchev–Trinajstić information content (AvgIpc) is 3.49. The molecule has 0 fully saturated rings. The topological polar surface area (TPSA) is 218 Å². The van der Waals surface area contributed by atoms with Crippen molar-refractivity contribution in [3.63, 3.8) is 0 Å². The molecule has 2 aromatic carbocycles. The molecule has 0 atom stereocenters. The number of allylic oxidation sites excluding steroid dienone is 4. The second-order valence-corrected chi connectivity index (χ2v) is 17.0. The molecule has 0 unspecified atom stereocenters. The molecule has 0 saturated heterocycles. The Balaban J connectivity index is -0.0000000990. The molecule has 0 N–H and O–H groups in total. The van der Waals surface area contributed by atoms with Crippen LogP contribution < -0.4 is 4.74 Å². The third-order valence-electron chi connectivity index (χ3n) is 8.69. The van der Waals surface area contributed by atoms with Gasteiger partial charge in [0.15, 0.2) is 17.3 Å². The fourth-order valence-electron chi connectivity index (χ4n) is 4.18. The minimum Gasteiger partial charge on any atom is -0.497 e. The lowest BCUT2D eigenvalue weighted by molar-refractivity contribution is -0.145. The number of esters is 6. The van der Waals surface area contributed by atoms with Crippen LogP contribution in [0.2, 0.25) is 0 Å². The maximum atomic E-state index is 11.9. The summed E-state index contributed by atoms with van der Waals surface area (Å²) >= 11 is 0. The normalized spacial score (nSPS) is 8.67. The Hall–Kier alpha value is -8.53. The van der Waals surface area contributed by atoms with Crippen molar-refractivity contribution in [2.75, 3.05) is 46.8 Å². The Bertz CT molecular complexity index is 2210. The molecule has 0 radical (unpaired) electrons. The lowest BCUT2D eigenvalue weighted by Gasteiger charge is -2.12. The van der Waals surface area contributed by atoms with Crippen LogP contribution in [-0.2, 0) is 66.8 Å². The van der Waals surface area contributed by atoms with E-state index < -0.39 is 23.9 Å². The second-order valence-electron chi connectivity index (χ2n) is 17.0. The van der Waals surface area contributed by atoms with Gasteiger partial charge in [-0.2, -0.15) is 0 Å². The summed E-state index contributed by atoms with van der Waals surface area (Å²) in [4.78, 5) is 96.7. The third-order valence-corrected chi connectivity index (χ3v) is 8.69. The fraction of sp³-hybridized carbons (Fsp3) is 0.414. The zero-order valence-electron chi connectivity index (χ0n) is 51.1. The first-order valence-corrected chi connectivity index (χ1v) is 26.3. The molecule has 0 bridgehead atoms. The predicted octanol–water partition coefficient (Wildman–Crippen LogP) is 16.0. The maximum Gasteiger partial charge on any atom is 0.333 e. The van der Waals surface area contributed by atoms with Crippen LogP contribution in [0.3, 0.4) is 0 Å². The Labute approximate surface area is 519 Å². The molecule has 0 spiro atoms. The lowest BCUT2D eigenvalue weighted by Crippen LogP contribution is -2.18. The number of hydrogen-bond acceptors (Lipinski definition) is 16. The van der Waals surface area contributed by atoms with Crippen LogP contribution in [0.4, 0.5) is 0 Å². The summed E-state index contributed by atoms with van der Waals surface area (Å²) in [6.07, 6.45) is 14.2. The van der Waals surface area contributed by atoms with Gasteiger partial charge in [0.2, 0.25) is 0 Å². The molecule has 2 aromatic rings. The van der Waals surface area contributed by atoms with Crippen molar-refractivity contribution in [2.24, 2.45) is 11.8 Å². The van der Waals surface area contributed by atoms with Crippen molar-refractivity contribution in [1.82, 2.24) is 0 Å². The molecule has 486 valence electrons. The van der Waals surface area contributed by atoms with E-state index in [1.165, 1.54) is 6.08 Å². The molecule has 0 aliphatic heterocycles. The van der Waals surface area contributed by atoms with Gasteiger partial charge in [0, 0.05) is 65.2 Å². The Morgan fingerprint density at radius 3 is 1.09 bits per heavy atom. The van der Waals surface area contributed by atoms with Crippen molar-refractivity contribution in [1.29, 1.82) is 0 Å². The molecule has 0 aromatic heterocycles. The van der Waals surface area contributed by atoms with E-state index in [9.17, 15) is 43.2 Å². The maximum absolute atomic E-state index is 11.9. The highest BCUT2D eigenvalue weighted by molar-refractivity contribution is 6.06. The van der Waals surface area contributed by atoms with E-state index in [0.29, 0.717) is 53.9 Å². The van der Waals surface area contributed by atoms with E-state index >= 15 is 0 Å². The molecule has 2 rings (SSSR count). The molecule has 0 amide bonds. The Kier molecular flexibility index (Phi) is 79.8. The highest BCUT2D eigenvalue weighted by Crippen LogP contribution is 2.13. The minimum absolute atomic E-state index is 0. The Morgan fingerprint density at radius 1 is 0.477 bits per heavy atom. The highest BCUT2D eigenvalue weighted by atomic mass is 16.6. The molecular formula is C70H110O16. The first-order chi connectivity index (χ1) is 38.6. The monoisotopic (exact) mass is 1210 g/mol. The van der Waals surface area contributed by atoms with Crippen molar-refractivity contribution < 1.29 is 76.3 Å². The minimum atomic E-state index is -0.480. The van der Waals surface area contributed by atoms with Gasteiger partial charge in [-0.15, -0.1) is 6.58 Å². The largest absolute Gasteiger partial charge is 0.497 e. The molecule has 0 saturated carbocycles. The second kappa shape index (κ2) is 69.0. The van der Waals surface area contributed by atoms with Gasteiger partial charge < -0.3 is 33.2 Å². The summed E-state index contributed by atoms with van der Waals surface area (Å²) in [5.41, 5.74) is 3.50. The Morgan fingerprint density at radius 2 is 0.837 bits per heavy atom. The smallest absolute Gasteiger partial charge is 0.333 e. The van der Waals surface area contributed by atoms with Crippen molar-refractivity contribution >= 4 is 59.2 Å². The van der Waals surface area contributed by atoms with E-state index in [-0.39, 0.29) is 97.3 Å². The summed E-state index contributed by atoms with van der Waals surface area (Å²) in [5.74, 6) is -1.52. The quantitative estimate of drug-likeness (QED) is 0.0267. The number of methoxy groups -OCH3 is 1. The molecule has 16 nitrogen and oxygen atoms in total. The van der Waals surface area contributed by atoms with Gasteiger partial charge in [-0.05, 0) is 108 Å². The first kappa shape index (κ1) is 99.5. The molecule has 16 heteroatoms. The molecule has 86 heavy (non-hydrogen) atoms. The van der Waals surface area contributed by atoms with Crippen LogP contribution in [-0.4, -0.2) is 99.9 Å². The number of ether oxygens (including phenoxy) is 7. The number of rotatable bonds is 27. The highest BCUT2D eigenvalue weighted by Gasteiger charge is 2.11. The summed E-state index contributed by atoms with van der Waals surface area (Å²) in [5, 5.41) is 0. The van der Waals surface area contributed by atoms with Crippen LogP contribution in [0.25, 0.3) is 6.08 Å². The number of Topliss-reactive ketones (excluding diaryl/α,β-unsaturated/α-hetero) is 1. The van der Waals surface area contributed by atoms with E-state index in [1.54, 1.807) is 85.9 Å². The predicted molar refractivity (Wildman–Crippen MR) is 356 cm³/mol. The van der Waals surface area contributed by atoms with Crippen molar-refractivity contribution in [2.45, 2.75) is 138 Å². The van der Waals surface area contributed by atoms with Crippen LogP contribution in [0, 0.1) is 11.8 Å². The number of benzene rings is 2.